The summed E-state index contributed by atoms with van der Waals surface area (Å²) in [5.74, 6) is -0.955. The molecule has 0 rings (SSSR count). The first-order valence-electron chi connectivity index (χ1n) is 24.6. The Morgan fingerprint density at radius 2 is 0.650 bits per heavy atom. The average Bonchev–Trinajstić information content (AvgIpc) is 3.24. The highest BCUT2D eigenvalue weighted by molar-refractivity contribution is 5.71. The van der Waals surface area contributed by atoms with E-state index in [0.717, 1.165) is 109 Å². The van der Waals surface area contributed by atoms with Crippen LogP contribution in [0.4, 0.5) is 0 Å². The fraction of sp³-hybridized carbons (Fsp3) is 0.685. The molecule has 0 aliphatic heterocycles. The van der Waals surface area contributed by atoms with Gasteiger partial charge < -0.3 is 14.2 Å². The van der Waals surface area contributed by atoms with E-state index in [1.165, 1.54) is 64.2 Å². The molecule has 0 aromatic carbocycles. The van der Waals surface area contributed by atoms with Crippen molar-refractivity contribution in [1.29, 1.82) is 0 Å². The molecule has 1 atom stereocenters. The van der Waals surface area contributed by atoms with Crippen LogP contribution in [0.2, 0.25) is 0 Å². The molecule has 6 nitrogen and oxygen atoms in total. The van der Waals surface area contributed by atoms with E-state index in [1.54, 1.807) is 0 Å². The first-order chi connectivity index (χ1) is 29.5. The molecule has 0 fully saturated rings. The largest absolute Gasteiger partial charge is 0.462 e. The summed E-state index contributed by atoms with van der Waals surface area (Å²) in [4.78, 5) is 37.8. The molecule has 60 heavy (non-hydrogen) atoms. The lowest BCUT2D eigenvalue weighted by Gasteiger charge is -2.18. The van der Waals surface area contributed by atoms with E-state index in [0.29, 0.717) is 19.3 Å². The molecular formula is C54H90O6. The monoisotopic (exact) mass is 835 g/mol. The third kappa shape index (κ3) is 45.7. The topological polar surface area (TPSA) is 78.9 Å². The molecule has 6 heteroatoms. The predicted molar refractivity (Wildman–Crippen MR) is 256 cm³/mol. The van der Waals surface area contributed by atoms with E-state index in [1.807, 2.05) is 0 Å². The average molecular weight is 835 g/mol. The van der Waals surface area contributed by atoms with Crippen LogP contribution in [-0.2, 0) is 28.6 Å². The highest BCUT2D eigenvalue weighted by atomic mass is 16.6. The Balaban J connectivity index is 4.41. The van der Waals surface area contributed by atoms with Gasteiger partial charge in [-0.3, -0.25) is 14.4 Å². The maximum absolute atomic E-state index is 12.7. The van der Waals surface area contributed by atoms with E-state index in [9.17, 15) is 14.4 Å². The number of esters is 3. The van der Waals surface area contributed by atoms with Gasteiger partial charge >= 0.3 is 17.9 Å². The van der Waals surface area contributed by atoms with Crippen LogP contribution in [-0.4, -0.2) is 37.2 Å². The van der Waals surface area contributed by atoms with Crippen LogP contribution in [0.25, 0.3) is 0 Å². The van der Waals surface area contributed by atoms with Gasteiger partial charge in [0.2, 0.25) is 0 Å². The lowest BCUT2D eigenvalue weighted by Crippen LogP contribution is -2.30. The van der Waals surface area contributed by atoms with Gasteiger partial charge in [-0.05, 0) is 89.9 Å². The number of hydrogen-bond donors (Lipinski definition) is 0. The molecule has 0 radical (unpaired) electrons. The molecule has 342 valence electrons. The summed E-state index contributed by atoms with van der Waals surface area (Å²) in [5.41, 5.74) is 0. The zero-order valence-electron chi connectivity index (χ0n) is 38.9. The summed E-state index contributed by atoms with van der Waals surface area (Å²) in [6.07, 6.45) is 61.4. The van der Waals surface area contributed by atoms with Gasteiger partial charge in [0.25, 0.3) is 0 Å². The van der Waals surface area contributed by atoms with Gasteiger partial charge in [0, 0.05) is 19.3 Å². The van der Waals surface area contributed by atoms with Crippen molar-refractivity contribution in [2.75, 3.05) is 13.2 Å². The zero-order valence-corrected chi connectivity index (χ0v) is 38.9. The summed E-state index contributed by atoms with van der Waals surface area (Å²) in [5, 5.41) is 0. The Labute approximate surface area is 369 Å². The molecule has 0 N–H and O–H groups in total. The number of allylic oxidation sites excluding steroid dienone is 14. The summed E-state index contributed by atoms with van der Waals surface area (Å²) < 4.78 is 16.7. The quantitative estimate of drug-likeness (QED) is 0.0263. The SMILES string of the molecule is CC/C=C\C/C=C\C/C=C\C/C=C\CCCCCCCCC(=O)OCC(COC(=O)CCCCCCCCCCCCC)OC(=O)CCCC/C=C\C/C=C\C/C=C\CC. The van der Waals surface area contributed by atoms with E-state index in [2.05, 4.69) is 106 Å². The highest BCUT2D eigenvalue weighted by Crippen LogP contribution is 2.14. The van der Waals surface area contributed by atoms with Crippen molar-refractivity contribution in [3.8, 4) is 0 Å². The molecule has 1 unspecified atom stereocenters. The van der Waals surface area contributed by atoms with Gasteiger partial charge in [0.05, 0.1) is 0 Å². The number of carbonyl (C=O) groups is 3. The van der Waals surface area contributed by atoms with Crippen LogP contribution in [0, 0.1) is 0 Å². The summed E-state index contributed by atoms with van der Waals surface area (Å²) >= 11 is 0. The van der Waals surface area contributed by atoms with Crippen molar-refractivity contribution >= 4 is 17.9 Å². The second kappa shape index (κ2) is 48.3. The molecule has 0 saturated carbocycles. The summed E-state index contributed by atoms with van der Waals surface area (Å²) in [6.45, 7) is 6.34. The maximum atomic E-state index is 12.7. The Morgan fingerprint density at radius 1 is 0.350 bits per heavy atom. The molecule has 0 aliphatic rings. The van der Waals surface area contributed by atoms with Gasteiger partial charge in [0.15, 0.2) is 6.10 Å². The number of carbonyl (C=O) groups excluding carboxylic acids is 3. The number of hydrogen-bond acceptors (Lipinski definition) is 6. The van der Waals surface area contributed by atoms with E-state index in [-0.39, 0.29) is 37.5 Å². The van der Waals surface area contributed by atoms with Gasteiger partial charge in [-0.1, -0.05) is 196 Å². The van der Waals surface area contributed by atoms with Crippen LogP contribution in [0.1, 0.15) is 220 Å². The van der Waals surface area contributed by atoms with Crippen molar-refractivity contribution in [3.05, 3.63) is 85.1 Å². The Morgan fingerprint density at radius 3 is 1.05 bits per heavy atom. The molecule has 0 heterocycles. The van der Waals surface area contributed by atoms with Gasteiger partial charge in [-0.25, -0.2) is 0 Å². The van der Waals surface area contributed by atoms with Crippen LogP contribution < -0.4 is 0 Å². The lowest BCUT2D eigenvalue weighted by molar-refractivity contribution is -0.167. The summed E-state index contributed by atoms with van der Waals surface area (Å²) in [7, 11) is 0. The third-order valence-electron chi connectivity index (χ3n) is 10.1. The molecule has 0 amide bonds. The molecule has 0 bridgehead atoms. The Kier molecular flexibility index (Phi) is 45.5. The van der Waals surface area contributed by atoms with E-state index < -0.39 is 6.10 Å². The predicted octanol–water partition coefficient (Wildman–Crippen LogP) is 16.0. The Bertz CT molecular complexity index is 1190. The van der Waals surface area contributed by atoms with Crippen molar-refractivity contribution in [2.24, 2.45) is 0 Å². The fourth-order valence-electron chi connectivity index (χ4n) is 6.50. The number of rotatable bonds is 43. The first kappa shape index (κ1) is 56.6. The third-order valence-corrected chi connectivity index (χ3v) is 10.1. The number of unbranched alkanes of at least 4 members (excludes halogenated alkanes) is 18. The molecule has 0 saturated heterocycles. The van der Waals surface area contributed by atoms with E-state index in [4.69, 9.17) is 14.2 Å². The fourth-order valence-corrected chi connectivity index (χ4v) is 6.50. The van der Waals surface area contributed by atoms with Crippen molar-refractivity contribution in [2.45, 2.75) is 226 Å². The number of ether oxygens (including phenoxy) is 3. The van der Waals surface area contributed by atoms with Crippen LogP contribution >= 0.6 is 0 Å². The molecule has 0 aromatic heterocycles. The molecule has 0 spiro atoms. The maximum Gasteiger partial charge on any atom is 0.306 e. The Hall–Kier alpha value is -3.41. The second-order valence-electron chi connectivity index (χ2n) is 16.0. The smallest absolute Gasteiger partial charge is 0.306 e. The van der Waals surface area contributed by atoms with Gasteiger partial charge in [0.1, 0.15) is 13.2 Å². The van der Waals surface area contributed by atoms with Gasteiger partial charge in [-0.15, -0.1) is 0 Å². The summed E-state index contributed by atoms with van der Waals surface area (Å²) in [6, 6.07) is 0. The van der Waals surface area contributed by atoms with Crippen molar-refractivity contribution in [3.63, 3.8) is 0 Å². The minimum Gasteiger partial charge on any atom is -0.462 e. The van der Waals surface area contributed by atoms with Gasteiger partial charge in [-0.2, -0.15) is 0 Å². The second-order valence-corrected chi connectivity index (χ2v) is 16.0. The van der Waals surface area contributed by atoms with Crippen molar-refractivity contribution in [1.82, 2.24) is 0 Å². The first-order valence-corrected chi connectivity index (χ1v) is 24.6. The molecule has 0 aromatic rings. The normalized spacial score (nSPS) is 12.8. The van der Waals surface area contributed by atoms with Crippen molar-refractivity contribution < 1.29 is 28.6 Å². The molecular weight excluding hydrogens is 745 g/mol. The highest BCUT2D eigenvalue weighted by Gasteiger charge is 2.19. The molecule has 0 aliphatic carbocycles. The van der Waals surface area contributed by atoms with Crippen LogP contribution in [0.3, 0.4) is 0 Å². The minimum atomic E-state index is -0.799. The standard InChI is InChI=1S/C54H90O6/c1-4-7-10-13-16-19-22-24-25-26-27-28-29-30-33-35-38-41-44-47-53(56)59-50-51(49-58-52(55)46-43-40-37-34-31-21-18-15-12-9-6-3)60-54(57)48-45-42-39-36-32-23-20-17-14-11-8-5-2/h7-8,10-11,16-17,19-20,24-25,27-28,32,36,51H,4-6,9,12-15,18,21-23,26,29-31,33-35,37-50H2,1-3H3/b10-7-,11-8-,19-16-,20-17-,25-24-,28-27-,36-32-. The van der Waals surface area contributed by atoms with E-state index >= 15 is 0 Å². The van der Waals surface area contributed by atoms with Crippen LogP contribution in [0.5, 0.6) is 0 Å². The minimum absolute atomic E-state index is 0.0959. The lowest BCUT2D eigenvalue weighted by atomic mass is 10.1. The zero-order chi connectivity index (χ0) is 43.7. The van der Waals surface area contributed by atoms with Crippen LogP contribution in [0.15, 0.2) is 85.1 Å².